The van der Waals surface area contributed by atoms with Crippen molar-refractivity contribution in [2.24, 2.45) is 0 Å². The minimum absolute atomic E-state index is 0.185. The molecule has 0 saturated carbocycles. The molecule has 18 heavy (non-hydrogen) atoms. The van der Waals surface area contributed by atoms with Crippen LogP contribution in [0.4, 0.5) is 17.6 Å². The zero-order valence-corrected chi connectivity index (χ0v) is 9.81. The Morgan fingerprint density at radius 1 is 1.39 bits per heavy atom. The van der Waals surface area contributed by atoms with E-state index in [1.54, 1.807) is 0 Å². The van der Waals surface area contributed by atoms with Gasteiger partial charge in [-0.25, -0.2) is 4.39 Å². The third kappa shape index (κ3) is 2.89. The van der Waals surface area contributed by atoms with Crippen molar-refractivity contribution in [3.63, 3.8) is 0 Å². The largest absolute Gasteiger partial charge is 0.534 e. The van der Waals surface area contributed by atoms with Crippen LogP contribution in [0.1, 0.15) is 13.3 Å². The normalized spacial score (nSPS) is 24.9. The standard InChI is InChI=1S/C9H8F4O4S/c1-2-8(10)4-3-6(14)7(5-8)17-18(15,16)9(11,12)13/h3-5H,2H2,1H3/t8-/m0/s1. The Kier molecular flexibility index (Phi) is 3.57. The number of alkyl halides is 4. The van der Waals surface area contributed by atoms with Gasteiger partial charge in [-0.05, 0) is 18.6 Å². The molecule has 0 spiro atoms. The maximum atomic E-state index is 13.7. The van der Waals surface area contributed by atoms with Gasteiger partial charge < -0.3 is 4.18 Å². The van der Waals surface area contributed by atoms with Crippen molar-refractivity contribution in [1.29, 1.82) is 0 Å². The molecule has 1 rings (SSSR count). The van der Waals surface area contributed by atoms with Crippen LogP contribution in [-0.2, 0) is 19.1 Å². The quantitative estimate of drug-likeness (QED) is 0.453. The Bertz CT molecular complexity index is 517. The van der Waals surface area contributed by atoms with Gasteiger partial charge in [0.2, 0.25) is 5.78 Å². The number of rotatable bonds is 3. The van der Waals surface area contributed by atoms with E-state index in [4.69, 9.17) is 0 Å². The summed E-state index contributed by atoms with van der Waals surface area (Å²) in [4.78, 5) is 11.1. The molecule has 0 aromatic carbocycles. The molecule has 4 nitrogen and oxygen atoms in total. The van der Waals surface area contributed by atoms with Crippen LogP contribution in [0.3, 0.4) is 0 Å². The third-order valence-electron chi connectivity index (χ3n) is 2.15. The number of hydrogen-bond donors (Lipinski definition) is 0. The first-order valence-corrected chi connectivity index (χ1v) is 6.08. The number of ketones is 1. The second-order valence-corrected chi connectivity index (χ2v) is 5.01. The van der Waals surface area contributed by atoms with E-state index in [1.165, 1.54) is 6.92 Å². The summed E-state index contributed by atoms with van der Waals surface area (Å²) in [6.07, 6.45) is 1.68. The maximum Gasteiger partial charge on any atom is 0.534 e. The van der Waals surface area contributed by atoms with Gasteiger partial charge in [0.05, 0.1) is 0 Å². The summed E-state index contributed by atoms with van der Waals surface area (Å²) < 4.78 is 74.8. The molecule has 0 fully saturated rings. The van der Waals surface area contributed by atoms with E-state index in [9.17, 15) is 30.8 Å². The van der Waals surface area contributed by atoms with E-state index in [1.807, 2.05) is 0 Å². The highest BCUT2D eigenvalue weighted by molar-refractivity contribution is 7.87. The number of allylic oxidation sites excluding steroid dienone is 3. The number of halogens is 4. The van der Waals surface area contributed by atoms with E-state index in [2.05, 4.69) is 4.18 Å². The molecule has 0 bridgehead atoms. The van der Waals surface area contributed by atoms with Gasteiger partial charge in [0, 0.05) is 6.08 Å². The molecule has 1 aliphatic carbocycles. The first kappa shape index (κ1) is 14.7. The highest BCUT2D eigenvalue weighted by Crippen LogP contribution is 2.31. The Labute approximate surface area is 100 Å². The van der Waals surface area contributed by atoms with Crippen molar-refractivity contribution in [3.8, 4) is 0 Å². The number of carbonyl (C=O) groups is 1. The molecule has 102 valence electrons. The van der Waals surface area contributed by atoms with Gasteiger partial charge in [0.25, 0.3) is 0 Å². The van der Waals surface area contributed by atoms with Gasteiger partial charge in [0.15, 0.2) is 11.4 Å². The molecule has 1 atom stereocenters. The summed E-state index contributed by atoms with van der Waals surface area (Å²) in [6, 6.07) is 0. The average Bonchev–Trinajstić information content (AvgIpc) is 2.22. The van der Waals surface area contributed by atoms with Gasteiger partial charge in [0.1, 0.15) is 0 Å². The van der Waals surface area contributed by atoms with Crippen LogP contribution < -0.4 is 0 Å². The fourth-order valence-corrected chi connectivity index (χ4v) is 1.55. The zero-order chi connectivity index (χ0) is 14.2. The molecular weight excluding hydrogens is 280 g/mol. The van der Waals surface area contributed by atoms with E-state index in [0.717, 1.165) is 6.08 Å². The second-order valence-electron chi connectivity index (χ2n) is 3.47. The average molecular weight is 288 g/mol. The van der Waals surface area contributed by atoms with Gasteiger partial charge >= 0.3 is 15.6 Å². The lowest BCUT2D eigenvalue weighted by Crippen LogP contribution is -2.29. The first-order chi connectivity index (χ1) is 8.01. The Morgan fingerprint density at radius 3 is 2.39 bits per heavy atom. The van der Waals surface area contributed by atoms with Crippen LogP contribution in [0.2, 0.25) is 0 Å². The molecule has 0 amide bonds. The lowest BCUT2D eigenvalue weighted by atomic mass is 9.96. The van der Waals surface area contributed by atoms with E-state index in [0.29, 0.717) is 12.2 Å². The van der Waals surface area contributed by atoms with E-state index >= 15 is 0 Å². The fraction of sp³-hybridized carbons (Fsp3) is 0.444. The fourth-order valence-electron chi connectivity index (χ4n) is 1.08. The molecule has 0 saturated heterocycles. The van der Waals surface area contributed by atoms with Crippen LogP contribution in [0.15, 0.2) is 24.0 Å². The summed E-state index contributed by atoms with van der Waals surface area (Å²) in [5.74, 6) is -2.34. The van der Waals surface area contributed by atoms with Crippen LogP contribution in [0.25, 0.3) is 0 Å². The van der Waals surface area contributed by atoms with Gasteiger partial charge in [-0.2, -0.15) is 21.6 Å². The predicted octanol–water partition coefficient (Wildman–Crippen LogP) is 1.99. The van der Waals surface area contributed by atoms with Gasteiger partial charge in [-0.1, -0.05) is 6.92 Å². The molecule has 0 radical (unpaired) electrons. The second kappa shape index (κ2) is 4.38. The monoisotopic (exact) mass is 288 g/mol. The topological polar surface area (TPSA) is 60.4 Å². The smallest absolute Gasteiger partial charge is 0.372 e. The van der Waals surface area contributed by atoms with Crippen LogP contribution >= 0.6 is 0 Å². The minimum atomic E-state index is -5.98. The van der Waals surface area contributed by atoms with Crippen molar-refractivity contribution >= 4 is 15.9 Å². The molecule has 9 heteroatoms. The van der Waals surface area contributed by atoms with Crippen molar-refractivity contribution in [2.75, 3.05) is 0 Å². The molecule has 0 unspecified atom stereocenters. The SMILES string of the molecule is CC[C@]1(F)C=CC(=O)C(OS(=O)(=O)C(F)(F)F)=C1. The molecule has 0 N–H and O–H groups in total. The van der Waals surface area contributed by atoms with Crippen LogP contribution in [-0.4, -0.2) is 25.4 Å². The summed E-state index contributed by atoms with van der Waals surface area (Å²) in [5, 5.41) is 0. The first-order valence-electron chi connectivity index (χ1n) is 4.67. The maximum absolute atomic E-state index is 13.7. The summed E-state index contributed by atoms with van der Waals surface area (Å²) in [5.41, 5.74) is -7.88. The Balaban J connectivity index is 3.08. The minimum Gasteiger partial charge on any atom is -0.372 e. The molecular formula is C9H8F4O4S. The lowest BCUT2D eigenvalue weighted by Gasteiger charge is -2.20. The highest BCUT2D eigenvalue weighted by atomic mass is 32.2. The Morgan fingerprint density at radius 2 is 1.94 bits per heavy atom. The number of hydrogen-bond acceptors (Lipinski definition) is 4. The van der Waals surface area contributed by atoms with Crippen molar-refractivity contribution < 1.29 is 35.0 Å². The highest BCUT2D eigenvalue weighted by Gasteiger charge is 2.49. The van der Waals surface area contributed by atoms with Crippen LogP contribution in [0, 0.1) is 0 Å². The Hall–Kier alpha value is -1.38. The van der Waals surface area contributed by atoms with Gasteiger partial charge in [-0.15, -0.1) is 0 Å². The molecule has 0 aromatic rings. The summed E-state index contributed by atoms with van der Waals surface area (Å²) in [7, 11) is -5.98. The summed E-state index contributed by atoms with van der Waals surface area (Å²) in [6.45, 7) is 1.37. The number of carbonyl (C=O) groups excluding carboxylic acids is 1. The van der Waals surface area contributed by atoms with E-state index in [-0.39, 0.29) is 6.42 Å². The summed E-state index contributed by atoms with van der Waals surface area (Å²) >= 11 is 0. The van der Waals surface area contributed by atoms with Crippen molar-refractivity contribution in [3.05, 3.63) is 24.0 Å². The predicted molar refractivity (Wildman–Crippen MR) is 52.4 cm³/mol. The molecule has 0 heterocycles. The molecule has 1 aliphatic rings. The van der Waals surface area contributed by atoms with Crippen molar-refractivity contribution in [2.45, 2.75) is 24.5 Å². The molecule has 0 aromatic heterocycles. The zero-order valence-electron chi connectivity index (χ0n) is 8.99. The third-order valence-corrected chi connectivity index (χ3v) is 3.12. The lowest BCUT2D eigenvalue weighted by molar-refractivity contribution is -0.113. The van der Waals surface area contributed by atoms with Crippen LogP contribution in [0.5, 0.6) is 0 Å². The van der Waals surface area contributed by atoms with Gasteiger partial charge in [-0.3, -0.25) is 4.79 Å². The molecule has 0 aliphatic heterocycles. The van der Waals surface area contributed by atoms with Crippen molar-refractivity contribution in [1.82, 2.24) is 0 Å². The van der Waals surface area contributed by atoms with E-state index < -0.39 is 32.8 Å².